The molecule has 0 saturated carbocycles. The molecule has 5 nitrogen and oxygen atoms in total. The molecule has 2 rings (SSSR count). The second kappa shape index (κ2) is 4.62. The van der Waals surface area contributed by atoms with Crippen molar-refractivity contribution < 1.29 is 9.00 Å². The maximum Gasteiger partial charge on any atom is 0.213 e. The summed E-state index contributed by atoms with van der Waals surface area (Å²) in [5, 5.41) is 0. The Morgan fingerprint density at radius 2 is 2.05 bits per heavy atom. The molecule has 0 aliphatic rings. The third kappa shape index (κ3) is 2.58. The molecule has 0 amide bonds. The molecule has 0 saturated heterocycles. The van der Waals surface area contributed by atoms with Crippen molar-refractivity contribution in [2.24, 2.45) is 0 Å². The van der Waals surface area contributed by atoms with Crippen LogP contribution in [0.4, 0.5) is 0 Å². The average Bonchev–Trinajstić information content (AvgIpc) is 2.81. The molecule has 2 aromatic heterocycles. The van der Waals surface area contributed by atoms with Gasteiger partial charge in [-0.3, -0.25) is 13.8 Å². The van der Waals surface area contributed by atoms with Crippen molar-refractivity contribution >= 4 is 21.4 Å². The van der Waals surface area contributed by atoms with Gasteiger partial charge in [0, 0.05) is 39.6 Å². The number of hydrogen-bond donors (Lipinski definition) is 0. The molecular formula is C13H15N3O2S. The summed E-state index contributed by atoms with van der Waals surface area (Å²) >= 11 is 0. The van der Waals surface area contributed by atoms with Gasteiger partial charge in [-0.1, -0.05) is 0 Å². The van der Waals surface area contributed by atoms with Crippen LogP contribution in [0.1, 0.15) is 27.3 Å². The van der Waals surface area contributed by atoms with Gasteiger partial charge in [0.2, 0.25) is 5.78 Å². The van der Waals surface area contributed by atoms with Crippen LogP contribution < -0.4 is 0 Å². The van der Waals surface area contributed by atoms with Crippen molar-refractivity contribution in [3.8, 4) is 0 Å². The first-order valence-corrected chi connectivity index (χ1v) is 7.73. The van der Waals surface area contributed by atoms with Gasteiger partial charge in [-0.2, -0.15) is 0 Å². The Balaban J connectivity index is 2.45. The molecule has 19 heavy (non-hydrogen) atoms. The Labute approximate surface area is 112 Å². The highest BCUT2D eigenvalue weighted by molar-refractivity contribution is 7.98. The van der Waals surface area contributed by atoms with E-state index in [1.54, 1.807) is 12.3 Å². The first kappa shape index (κ1) is 13.5. The summed E-state index contributed by atoms with van der Waals surface area (Å²) in [7, 11) is -2.43. The molecule has 6 heteroatoms. The third-order valence-electron chi connectivity index (χ3n) is 2.94. The van der Waals surface area contributed by atoms with Crippen LogP contribution in [0.3, 0.4) is 0 Å². The number of aryl methyl sites for hydroxylation is 1. The lowest BCUT2D eigenvalue weighted by atomic mass is 10.0. The zero-order valence-corrected chi connectivity index (χ0v) is 11.9. The lowest BCUT2D eigenvalue weighted by molar-refractivity contribution is 0.103. The molecule has 0 aliphatic carbocycles. The number of hydrogen-bond acceptors (Lipinski definition) is 4. The van der Waals surface area contributed by atoms with E-state index in [0.29, 0.717) is 5.56 Å². The number of pyridine rings is 1. The van der Waals surface area contributed by atoms with Crippen molar-refractivity contribution in [3.63, 3.8) is 0 Å². The molecule has 0 unspecified atom stereocenters. The van der Waals surface area contributed by atoms with E-state index in [0.717, 1.165) is 11.3 Å². The summed E-state index contributed by atoms with van der Waals surface area (Å²) in [5.41, 5.74) is 2.45. The van der Waals surface area contributed by atoms with Gasteiger partial charge in [0.1, 0.15) is 12.0 Å². The normalized spacial score (nSPS) is 14.1. The van der Waals surface area contributed by atoms with Gasteiger partial charge in [-0.15, -0.1) is 0 Å². The van der Waals surface area contributed by atoms with Gasteiger partial charge in [0.25, 0.3) is 0 Å². The summed E-state index contributed by atoms with van der Waals surface area (Å²) in [6, 6.07) is 1.66. The maximum atomic E-state index is 12.3. The fraction of sp³-hybridized carbons (Fsp3) is 0.231. The molecule has 2 aromatic rings. The zero-order valence-electron chi connectivity index (χ0n) is 11.1. The quantitative estimate of drug-likeness (QED) is 0.625. The first-order valence-electron chi connectivity index (χ1n) is 5.64. The van der Waals surface area contributed by atoms with Crippen LogP contribution in [0.2, 0.25) is 0 Å². The van der Waals surface area contributed by atoms with E-state index in [2.05, 4.69) is 15.8 Å². The van der Waals surface area contributed by atoms with Gasteiger partial charge in [-0.25, -0.2) is 9.19 Å². The Hall–Kier alpha value is -1.95. The largest absolute Gasteiger partial charge is 0.287 e. The van der Waals surface area contributed by atoms with E-state index in [1.807, 2.05) is 13.8 Å². The number of aromatic nitrogens is 3. The molecule has 0 spiro atoms. The lowest BCUT2D eigenvalue weighted by Gasteiger charge is -2.05. The molecule has 2 heterocycles. The van der Waals surface area contributed by atoms with Gasteiger partial charge in [0.05, 0.1) is 0 Å². The van der Waals surface area contributed by atoms with Crippen molar-refractivity contribution in [1.29, 1.82) is 0 Å². The number of imidazole rings is 1. The number of rotatable bonds is 3. The lowest BCUT2D eigenvalue weighted by Crippen LogP contribution is -2.08. The Bertz CT molecular complexity index is 745. The number of carbonyl (C=O) groups is 1. The van der Waals surface area contributed by atoms with E-state index in [-0.39, 0.29) is 11.5 Å². The molecule has 0 aromatic carbocycles. The molecule has 100 valence electrons. The van der Waals surface area contributed by atoms with E-state index < -0.39 is 9.71 Å². The van der Waals surface area contributed by atoms with Crippen LogP contribution in [-0.2, 0) is 9.71 Å². The topological polar surface area (TPSA) is 64.8 Å². The average molecular weight is 277 g/mol. The fourth-order valence-corrected chi connectivity index (χ4v) is 2.23. The molecule has 0 aliphatic heterocycles. The summed E-state index contributed by atoms with van der Waals surface area (Å²) in [5.74, 6) is 3.34. The van der Waals surface area contributed by atoms with Crippen LogP contribution in [-0.4, -0.2) is 36.1 Å². The van der Waals surface area contributed by atoms with Crippen molar-refractivity contribution in [3.05, 3.63) is 47.3 Å². The summed E-state index contributed by atoms with van der Waals surface area (Å²) in [6.07, 6.45) is 5.92. The minimum Gasteiger partial charge on any atom is -0.287 e. The van der Waals surface area contributed by atoms with Crippen molar-refractivity contribution in [2.45, 2.75) is 13.8 Å². The SMILES string of the molecule is C=[S@](C)(=O)n1cnc(C(=O)c2ccnc(C)c2C)c1. The standard InChI is InChI=1S/C13H15N3O2S/c1-9-10(2)14-6-5-11(9)13(17)12-7-16(8-15-12)19(3,4)18/h5-8H,3H2,1-2,4H3/t19-/m1/s1. The molecular weight excluding hydrogens is 262 g/mol. The predicted octanol–water partition coefficient (Wildman–Crippen LogP) is 1.24. The Morgan fingerprint density at radius 3 is 2.63 bits per heavy atom. The monoisotopic (exact) mass is 277 g/mol. The smallest absolute Gasteiger partial charge is 0.213 e. The van der Waals surface area contributed by atoms with Gasteiger partial charge >= 0.3 is 0 Å². The second-order valence-corrected chi connectivity index (χ2v) is 6.82. The van der Waals surface area contributed by atoms with E-state index >= 15 is 0 Å². The molecule has 0 N–H and O–H groups in total. The highest BCUT2D eigenvalue weighted by atomic mass is 32.2. The van der Waals surface area contributed by atoms with Crippen molar-refractivity contribution in [2.75, 3.05) is 6.26 Å². The number of nitrogens with zero attached hydrogens (tertiary/aromatic N) is 3. The summed E-state index contributed by atoms with van der Waals surface area (Å²) in [6.45, 7) is 3.69. The van der Waals surface area contributed by atoms with Crippen LogP contribution >= 0.6 is 0 Å². The third-order valence-corrected chi connectivity index (χ3v) is 4.03. The second-order valence-electron chi connectivity index (χ2n) is 4.48. The fourth-order valence-electron chi connectivity index (χ4n) is 1.66. The minimum absolute atomic E-state index is 0.203. The zero-order chi connectivity index (χ0) is 14.2. The summed E-state index contributed by atoms with van der Waals surface area (Å²) in [4.78, 5) is 20.5. The van der Waals surface area contributed by atoms with Crippen LogP contribution in [0.15, 0.2) is 24.8 Å². The number of ketones is 1. The van der Waals surface area contributed by atoms with E-state index in [9.17, 15) is 9.00 Å². The highest BCUT2D eigenvalue weighted by Crippen LogP contribution is 2.14. The van der Waals surface area contributed by atoms with E-state index in [4.69, 9.17) is 0 Å². The predicted molar refractivity (Wildman–Crippen MR) is 76.0 cm³/mol. The maximum absolute atomic E-state index is 12.3. The molecule has 1 atom stereocenters. The van der Waals surface area contributed by atoms with Gasteiger partial charge < -0.3 is 0 Å². The Kier molecular flexibility index (Phi) is 3.28. The minimum atomic E-state index is -2.43. The van der Waals surface area contributed by atoms with Gasteiger partial charge in [0.15, 0.2) is 0 Å². The van der Waals surface area contributed by atoms with Crippen LogP contribution in [0, 0.1) is 13.8 Å². The molecule has 0 fully saturated rings. The molecule has 0 radical (unpaired) electrons. The summed E-state index contributed by atoms with van der Waals surface area (Å²) < 4.78 is 13.1. The van der Waals surface area contributed by atoms with Crippen LogP contribution in [0.25, 0.3) is 0 Å². The first-order chi connectivity index (χ1) is 8.80. The number of carbonyl (C=O) groups excluding carboxylic acids is 1. The van der Waals surface area contributed by atoms with Crippen molar-refractivity contribution in [1.82, 2.24) is 13.9 Å². The highest BCUT2D eigenvalue weighted by Gasteiger charge is 2.16. The van der Waals surface area contributed by atoms with Crippen LogP contribution in [0.5, 0.6) is 0 Å². The van der Waals surface area contributed by atoms with E-state index in [1.165, 1.54) is 22.8 Å². The Morgan fingerprint density at radius 1 is 1.37 bits per heavy atom. The molecule has 0 bridgehead atoms. The van der Waals surface area contributed by atoms with Gasteiger partial charge in [-0.05, 0) is 31.3 Å².